The van der Waals surface area contributed by atoms with E-state index in [0.717, 1.165) is 5.56 Å². The van der Waals surface area contributed by atoms with E-state index in [1.54, 1.807) is 17.8 Å². The van der Waals surface area contributed by atoms with Gasteiger partial charge < -0.3 is 5.32 Å². The zero-order chi connectivity index (χ0) is 13.1. The molecule has 17 heavy (non-hydrogen) atoms. The summed E-state index contributed by atoms with van der Waals surface area (Å²) in [4.78, 5) is 11.7. The van der Waals surface area contributed by atoms with Gasteiger partial charge in [-0.15, -0.1) is 11.8 Å². The molecule has 0 radical (unpaired) electrons. The Bertz CT molecular complexity index is 412. The molecule has 1 amide bonds. The van der Waals surface area contributed by atoms with E-state index >= 15 is 0 Å². The van der Waals surface area contributed by atoms with Crippen LogP contribution >= 0.6 is 11.8 Å². The van der Waals surface area contributed by atoms with Crippen molar-refractivity contribution in [3.63, 3.8) is 0 Å². The summed E-state index contributed by atoms with van der Waals surface area (Å²) in [6.07, 6.45) is 0. The Morgan fingerprint density at radius 3 is 2.65 bits per heavy atom. The van der Waals surface area contributed by atoms with Crippen LogP contribution in [0.1, 0.15) is 26.3 Å². The third-order valence-electron chi connectivity index (χ3n) is 2.11. The van der Waals surface area contributed by atoms with Gasteiger partial charge in [0.1, 0.15) is 5.82 Å². The Balaban J connectivity index is 2.59. The highest BCUT2D eigenvalue weighted by atomic mass is 32.2. The van der Waals surface area contributed by atoms with Gasteiger partial charge in [-0.05, 0) is 24.6 Å². The minimum Gasteiger partial charge on any atom is -0.325 e. The number of hydrogen-bond acceptors (Lipinski definition) is 2. The molecule has 1 aromatic rings. The zero-order valence-corrected chi connectivity index (χ0v) is 11.5. The fourth-order valence-corrected chi connectivity index (χ4v) is 1.83. The Morgan fingerprint density at radius 2 is 2.06 bits per heavy atom. The molecule has 0 saturated carbocycles. The number of carbonyl (C=O) groups is 1. The molecule has 94 valence electrons. The molecule has 0 aliphatic carbocycles. The summed E-state index contributed by atoms with van der Waals surface area (Å²) in [5.41, 5.74) is 1.41. The van der Waals surface area contributed by atoms with Crippen molar-refractivity contribution in [3.05, 3.63) is 29.6 Å². The van der Waals surface area contributed by atoms with Crippen molar-refractivity contribution in [2.75, 3.05) is 11.1 Å². The third kappa shape index (κ3) is 5.22. The molecule has 0 bridgehead atoms. The molecule has 0 aromatic heterocycles. The molecular weight excluding hydrogens is 237 g/mol. The molecule has 1 aromatic carbocycles. The Kier molecular flexibility index (Phi) is 4.57. The molecule has 1 N–H and O–H groups in total. The zero-order valence-electron chi connectivity index (χ0n) is 10.6. The van der Waals surface area contributed by atoms with Gasteiger partial charge in [0.05, 0.1) is 5.75 Å². The van der Waals surface area contributed by atoms with Gasteiger partial charge in [-0.2, -0.15) is 0 Å². The van der Waals surface area contributed by atoms with E-state index in [4.69, 9.17) is 0 Å². The quantitative estimate of drug-likeness (QED) is 0.894. The van der Waals surface area contributed by atoms with Gasteiger partial charge in [0.25, 0.3) is 0 Å². The van der Waals surface area contributed by atoms with Crippen LogP contribution in [0.2, 0.25) is 0 Å². The normalized spacial score (nSPS) is 11.4. The molecule has 1 rings (SSSR count). The van der Waals surface area contributed by atoms with Crippen molar-refractivity contribution in [1.29, 1.82) is 0 Å². The highest BCUT2D eigenvalue weighted by Crippen LogP contribution is 2.23. The lowest BCUT2D eigenvalue weighted by Gasteiger charge is -2.17. The second-order valence-electron chi connectivity index (χ2n) is 4.91. The van der Waals surface area contributed by atoms with Gasteiger partial charge in [-0.25, -0.2) is 4.39 Å². The number of thioether (sulfide) groups is 1. The Labute approximate surface area is 106 Å². The molecule has 0 atom stereocenters. The number of halogens is 1. The van der Waals surface area contributed by atoms with E-state index in [1.165, 1.54) is 12.1 Å². The van der Waals surface area contributed by atoms with E-state index < -0.39 is 0 Å². The topological polar surface area (TPSA) is 29.1 Å². The molecule has 0 saturated heterocycles. The molecular formula is C13H18FNOS. The van der Waals surface area contributed by atoms with Gasteiger partial charge in [-0.1, -0.05) is 26.8 Å². The second-order valence-corrected chi connectivity index (χ2v) is 6.71. The largest absolute Gasteiger partial charge is 0.325 e. The monoisotopic (exact) mass is 255 g/mol. The predicted octanol–water partition coefficient (Wildman–Crippen LogP) is 3.60. The fraction of sp³-hybridized carbons (Fsp3) is 0.462. The maximum absolute atomic E-state index is 13.0. The van der Waals surface area contributed by atoms with Crippen molar-refractivity contribution in [2.45, 2.75) is 32.4 Å². The van der Waals surface area contributed by atoms with Crippen LogP contribution in [-0.4, -0.2) is 16.4 Å². The Morgan fingerprint density at radius 1 is 1.41 bits per heavy atom. The van der Waals surface area contributed by atoms with Gasteiger partial charge in [0, 0.05) is 10.4 Å². The van der Waals surface area contributed by atoms with E-state index in [0.29, 0.717) is 11.4 Å². The second kappa shape index (κ2) is 5.54. The molecule has 2 nitrogen and oxygen atoms in total. The van der Waals surface area contributed by atoms with Gasteiger partial charge in [-0.3, -0.25) is 4.79 Å². The summed E-state index contributed by atoms with van der Waals surface area (Å²) in [6, 6.07) is 4.38. The van der Waals surface area contributed by atoms with Gasteiger partial charge in [0.2, 0.25) is 5.91 Å². The molecule has 0 spiro atoms. The lowest BCUT2D eigenvalue weighted by atomic mass is 10.2. The number of amides is 1. The van der Waals surface area contributed by atoms with Crippen LogP contribution in [0, 0.1) is 12.7 Å². The average molecular weight is 255 g/mol. The summed E-state index contributed by atoms with van der Waals surface area (Å²) in [7, 11) is 0. The lowest BCUT2D eigenvalue weighted by Crippen LogP contribution is -2.19. The average Bonchev–Trinajstić information content (AvgIpc) is 2.20. The van der Waals surface area contributed by atoms with Crippen molar-refractivity contribution >= 4 is 23.4 Å². The van der Waals surface area contributed by atoms with Crippen LogP contribution in [0.4, 0.5) is 10.1 Å². The number of hydrogen-bond donors (Lipinski definition) is 1. The summed E-state index contributed by atoms with van der Waals surface area (Å²) in [5.74, 6) is -0.0626. The highest BCUT2D eigenvalue weighted by Gasteiger charge is 2.14. The van der Waals surface area contributed by atoms with Crippen molar-refractivity contribution in [2.24, 2.45) is 0 Å². The van der Waals surface area contributed by atoms with E-state index in [-0.39, 0.29) is 16.5 Å². The van der Waals surface area contributed by atoms with Crippen molar-refractivity contribution in [3.8, 4) is 0 Å². The first-order chi connectivity index (χ1) is 7.78. The number of aryl methyl sites for hydroxylation is 1. The smallest absolute Gasteiger partial charge is 0.234 e. The molecule has 4 heteroatoms. The van der Waals surface area contributed by atoms with E-state index in [2.05, 4.69) is 26.1 Å². The standard InChI is InChI=1S/C13H18FNOS/c1-9-5-6-10(14)7-11(9)15-12(16)8-17-13(2,3)4/h5-7H,8H2,1-4H3,(H,15,16). The van der Waals surface area contributed by atoms with Gasteiger partial charge >= 0.3 is 0 Å². The van der Waals surface area contributed by atoms with E-state index in [9.17, 15) is 9.18 Å². The minimum absolute atomic E-state index is 0.0499. The van der Waals surface area contributed by atoms with Crippen LogP contribution in [0.5, 0.6) is 0 Å². The summed E-state index contributed by atoms with van der Waals surface area (Å²) in [5, 5.41) is 2.72. The third-order valence-corrected chi connectivity index (χ3v) is 3.38. The van der Waals surface area contributed by atoms with Crippen LogP contribution in [0.25, 0.3) is 0 Å². The first-order valence-electron chi connectivity index (χ1n) is 5.48. The van der Waals surface area contributed by atoms with Crippen molar-refractivity contribution < 1.29 is 9.18 Å². The van der Waals surface area contributed by atoms with Crippen molar-refractivity contribution in [1.82, 2.24) is 0 Å². The minimum atomic E-state index is -0.339. The molecule has 0 fully saturated rings. The number of rotatable bonds is 3. The summed E-state index contributed by atoms with van der Waals surface area (Å²) >= 11 is 1.57. The molecule has 0 heterocycles. The molecule has 0 unspecified atom stereocenters. The first-order valence-corrected chi connectivity index (χ1v) is 6.46. The number of nitrogens with one attached hydrogen (secondary N) is 1. The maximum Gasteiger partial charge on any atom is 0.234 e. The van der Waals surface area contributed by atoms with E-state index in [1.807, 2.05) is 6.92 Å². The van der Waals surface area contributed by atoms with Crippen LogP contribution in [0.3, 0.4) is 0 Å². The number of carbonyl (C=O) groups excluding carboxylic acids is 1. The highest BCUT2D eigenvalue weighted by molar-refractivity contribution is 8.01. The SMILES string of the molecule is Cc1ccc(F)cc1NC(=O)CSC(C)(C)C. The first kappa shape index (κ1) is 14.0. The number of anilines is 1. The summed E-state index contributed by atoms with van der Waals surface area (Å²) < 4.78 is 13.1. The van der Waals surface area contributed by atoms with Crippen LogP contribution < -0.4 is 5.32 Å². The molecule has 0 aliphatic rings. The van der Waals surface area contributed by atoms with Crippen LogP contribution in [-0.2, 0) is 4.79 Å². The van der Waals surface area contributed by atoms with Gasteiger partial charge in [0.15, 0.2) is 0 Å². The lowest BCUT2D eigenvalue weighted by molar-refractivity contribution is -0.113. The predicted molar refractivity (Wildman–Crippen MR) is 72.0 cm³/mol. The number of benzene rings is 1. The molecule has 0 aliphatic heterocycles. The Hall–Kier alpha value is -1.03. The fourth-order valence-electron chi connectivity index (χ4n) is 1.20. The summed E-state index contributed by atoms with van der Waals surface area (Å²) in [6.45, 7) is 8.00. The maximum atomic E-state index is 13.0. The van der Waals surface area contributed by atoms with Crippen LogP contribution in [0.15, 0.2) is 18.2 Å².